The van der Waals surface area contributed by atoms with E-state index in [1.807, 2.05) is 0 Å². The van der Waals surface area contributed by atoms with Gasteiger partial charge in [0, 0.05) is 26.2 Å². The average molecular weight is 290 g/mol. The van der Waals surface area contributed by atoms with E-state index in [0.29, 0.717) is 11.5 Å². The van der Waals surface area contributed by atoms with Gasteiger partial charge < -0.3 is 4.74 Å². The molecule has 0 radical (unpaired) electrons. The van der Waals surface area contributed by atoms with Crippen LogP contribution in [0.15, 0.2) is 0 Å². The van der Waals surface area contributed by atoms with E-state index in [-0.39, 0.29) is 0 Å². The molecule has 0 saturated carbocycles. The Morgan fingerprint density at radius 2 is 1.74 bits per heavy atom. The zero-order valence-corrected chi connectivity index (χ0v) is 14.6. The third kappa shape index (κ3) is 7.01. The van der Waals surface area contributed by atoms with Crippen molar-refractivity contribution in [3.63, 3.8) is 0 Å². The number of hydrogen-bond acceptors (Lipinski definition) is 3. The number of hydrogen-bond donors (Lipinski definition) is 1. The molecule has 1 atom stereocenters. The van der Waals surface area contributed by atoms with Crippen LogP contribution in [0.3, 0.4) is 0 Å². The summed E-state index contributed by atoms with van der Waals surface area (Å²) in [6.45, 7) is 12.2. The molecule has 3 heteroatoms. The summed E-state index contributed by atoms with van der Waals surface area (Å²) in [6, 6.07) is 0.628. The molecule has 0 aliphatic heterocycles. The van der Waals surface area contributed by atoms with E-state index in [1.165, 1.54) is 32.1 Å². The number of rotatable bonds is 12. The normalized spacial score (nSPS) is 14.1. The van der Waals surface area contributed by atoms with Crippen LogP contribution in [-0.4, -0.2) is 43.5 Å². The SMILES string of the molecule is CCCC(CS)(CCC)CN(CCOC)C(C)CC. The monoisotopic (exact) mass is 289 g/mol. The third-order valence-electron chi connectivity index (χ3n) is 4.23. The summed E-state index contributed by atoms with van der Waals surface area (Å²) in [5.74, 6) is 0.995. The molecule has 0 amide bonds. The lowest BCUT2D eigenvalue weighted by molar-refractivity contribution is 0.0773. The smallest absolute Gasteiger partial charge is 0.0589 e. The van der Waals surface area contributed by atoms with E-state index in [4.69, 9.17) is 4.74 Å². The summed E-state index contributed by atoms with van der Waals surface area (Å²) in [5, 5.41) is 0. The van der Waals surface area contributed by atoms with Crippen LogP contribution in [0.5, 0.6) is 0 Å². The fraction of sp³-hybridized carbons (Fsp3) is 1.00. The minimum atomic E-state index is 0.379. The van der Waals surface area contributed by atoms with Gasteiger partial charge in [0.25, 0.3) is 0 Å². The zero-order valence-electron chi connectivity index (χ0n) is 13.7. The van der Waals surface area contributed by atoms with Gasteiger partial charge in [-0.2, -0.15) is 12.6 Å². The maximum atomic E-state index is 5.27. The minimum Gasteiger partial charge on any atom is -0.383 e. The predicted octanol–water partition coefficient (Wildman–Crippen LogP) is 4.25. The summed E-state index contributed by atoms with van der Waals surface area (Å²) in [4.78, 5) is 2.60. The van der Waals surface area contributed by atoms with Crippen LogP contribution in [0, 0.1) is 5.41 Å². The van der Waals surface area contributed by atoms with Gasteiger partial charge >= 0.3 is 0 Å². The summed E-state index contributed by atoms with van der Waals surface area (Å²) in [6.07, 6.45) is 6.26. The van der Waals surface area contributed by atoms with Gasteiger partial charge in [-0.25, -0.2) is 0 Å². The molecule has 0 aromatic heterocycles. The molecule has 19 heavy (non-hydrogen) atoms. The Kier molecular flexibility index (Phi) is 11.1. The first-order chi connectivity index (χ1) is 9.09. The minimum absolute atomic E-state index is 0.379. The van der Waals surface area contributed by atoms with E-state index < -0.39 is 0 Å². The molecule has 2 nitrogen and oxygen atoms in total. The molecule has 1 unspecified atom stereocenters. The molecule has 0 fully saturated rings. The molecule has 0 bridgehead atoms. The largest absolute Gasteiger partial charge is 0.383 e. The van der Waals surface area contributed by atoms with Gasteiger partial charge in [0.2, 0.25) is 0 Å². The van der Waals surface area contributed by atoms with Gasteiger partial charge in [-0.15, -0.1) is 0 Å². The lowest BCUT2D eigenvalue weighted by Crippen LogP contribution is -2.44. The summed E-state index contributed by atoms with van der Waals surface area (Å²) in [7, 11) is 1.79. The predicted molar refractivity (Wildman–Crippen MR) is 89.3 cm³/mol. The van der Waals surface area contributed by atoms with Crippen molar-refractivity contribution in [1.29, 1.82) is 0 Å². The first kappa shape index (κ1) is 19.3. The Hall–Kier alpha value is 0.270. The maximum Gasteiger partial charge on any atom is 0.0589 e. The molecule has 116 valence electrons. The van der Waals surface area contributed by atoms with Crippen molar-refractivity contribution in [2.45, 2.75) is 65.8 Å². The molecule has 0 aliphatic carbocycles. The van der Waals surface area contributed by atoms with Crippen LogP contribution in [-0.2, 0) is 4.74 Å². The Morgan fingerprint density at radius 1 is 1.16 bits per heavy atom. The van der Waals surface area contributed by atoms with Crippen LogP contribution < -0.4 is 0 Å². The molecule has 0 aliphatic rings. The van der Waals surface area contributed by atoms with E-state index in [2.05, 4.69) is 45.2 Å². The van der Waals surface area contributed by atoms with E-state index in [9.17, 15) is 0 Å². The quantitative estimate of drug-likeness (QED) is 0.539. The highest BCUT2D eigenvalue weighted by atomic mass is 32.1. The van der Waals surface area contributed by atoms with Crippen molar-refractivity contribution >= 4 is 12.6 Å². The van der Waals surface area contributed by atoms with Crippen LogP contribution in [0.25, 0.3) is 0 Å². The topological polar surface area (TPSA) is 12.5 Å². The maximum absolute atomic E-state index is 5.27. The second-order valence-corrected chi connectivity index (χ2v) is 6.19. The Balaban J connectivity index is 4.78. The Bertz CT molecular complexity index is 205. The molecule has 0 aromatic carbocycles. The van der Waals surface area contributed by atoms with Crippen molar-refractivity contribution in [3.05, 3.63) is 0 Å². The van der Waals surface area contributed by atoms with Crippen molar-refractivity contribution in [2.24, 2.45) is 5.41 Å². The van der Waals surface area contributed by atoms with Crippen LogP contribution in [0.1, 0.15) is 59.8 Å². The highest BCUT2D eigenvalue weighted by molar-refractivity contribution is 7.80. The number of methoxy groups -OCH3 is 1. The van der Waals surface area contributed by atoms with Gasteiger partial charge in [-0.05, 0) is 37.4 Å². The van der Waals surface area contributed by atoms with Crippen LogP contribution in [0.2, 0.25) is 0 Å². The first-order valence-corrected chi connectivity index (χ1v) is 8.56. The van der Waals surface area contributed by atoms with Gasteiger partial charge in [-0.1, -0.05) is 33.6 Å². The molecule has 0 spiro atoms. The van der Waals surface area contributed by atoms with Gasteiger partial charge in [0.15, 0.2) is 0 Å². The fourth-order valence-corrected chi connectivity index (χ4v) is 3.32. The van der Waals surface area contributed by atoms with Crippen LogP contribution in [0.4, 0.5) is 0 Å². The number of nitrogens with zero attached hydrogens (tertiary/aromatic N) is 1. The second kappa shape index (κ2) is 11.0. The molecule has 0 aromatic rings. The standard InChI is InChI=1S/C16H35NOS/c1-6-9-16(14-19,10-7-2)13-17(11-12-18-5)15(4)8-3/h15,19H,6-14H2,1-5H3. The number of thiol groups is 1. The molecule has 0 rings (SSSR count). The second-order valence-electron chi connectivity index (χ2n) is 5.88. The highest BCUT2D eigenvalue weighted by Crippen LogP contribution is 2.33. The highest BCUT2D eigenvalue weighted by Gasteiger charge is 2.30. The average Bonchev–Trinajstić information content (AvgIpc) is 2.42. The summed E-state index contributed by atoms with van der Waals surface area (Å²) >= 11 is 4.67. The molecular weight excluding hydrogens is 254 g/mol. The van der Waals surface area contributed by atoms with Crippen LogP contribution >= 0.6 is 12.6 Å². The Labute approximate surface area is 126 Å². The van der Waals surface area contributed by atoms with E-state index in [1.54, 1.807) is 7.11 Å². The van der Waals surface area contributed by atoms with Gasteiger partial charge in [-0.3, -0.25) is 4.90 Å². The number of ether oxygens (including phenoxy) is 1. The van der Waals surface area contributed by atoms with E-state index >= 15 is 0 Å². The van der Waals surface area contributed by atoms with Crippen molar-refractivity contribution < 1.29 is 4.74 Å². The fourth-order valence-electron chi connectivity index (χ4n) is 2.90. The van der Waals surface area contributed by atoms with Crippen molar-refractivity contribution in [2.75, 3.05) is 32.6 Å². The van der Waals surface area contributed by atoms with Gasteiger partial charge in [0.1, 0.15) is 0 Å². The zero-order chi connectivity index (χ0) is 14.7. The summed E-state index contributed by atoms with van der Waals surface area (Å²) < 4.78 is 5.27. The lowest BCUT2D eigenvalue weighted by atomic mass is 9.80. The summed E-state index contributed by atoms with van der Waals surface area (Å²) in [5.41, 5.74) is 0.379. The Morgan fingerprint density at radius 3 is 2.11 bits per heavy atom. The molecule has 0 N–H and O–H groups in total. The lowest BCUT2D eigenvalue weighted by Gasteiger charge is -2.40. The molecular formula is C16H35NOS. The van der Waals surface area contributed by atoms with E-state index in [0.717, 1.165) is 25.4 Å². The molecule has 0 saturated heterocycles. The first-order valence-electron chi connectivity index (χ1n) is 7.92. The molecule has 0 heterocycles. The van der Waals surface area contributed by atoms with Crippen molar-refractivity contribution in [1.82, 2.24) is 4.90 Å². The van der Waals surface area contributed by atoms with Crippen molar-refractivity contribution in [3.8, 4) is 0 Å². The third-order valence-corrected chi connectivity index (χ3v) is 4.90. The van der Waals surface area contributed by atoms with Gasteiger partial charge in [0.05, 0.1) is 6.61 Å².